The summed E-state index contributed by atoms with van der Waals surface area (Å²) in [5.41, 5.74) is -0.767. The van der Waals surface area contributed by atoms with Crippen molar-refractivity contribution in [3.05, 3.63) is 0 Å². The van der Waals surface area contributed by atoms with Gasteiger partial charge in [0, 0.05) is 13.1 Å². The first-order chi connectivity index (χ1) is 9.33. The van der Waals surface area contributed by atoms with Crippen LogP contribution in [0.25, 0.3) is 0 Å². The van der Waals surface area contributed by atoms with E-state index in [0.717, 1.165) is 25.7 Å². The fourth-order valence-electron chi connectivity index (χ4n) is 3.23. The molecule has 1 aliphatic carbocycles. The van der Waals surface area contributed by atoms with Crippen LogP contribution in [0.15, 0.2) is 0 Å². The first kappa shape index (κ1) is 15.8. The van der Waals surface area contributed by atoms with Crippen molar-refractivity contribution in [2.45, 2.75) is 51.9 Å². The lowest BCUT2D eigenvalue weighted by atomic mass is 9.81. The van der Waals surface area contributed by atoms with Crippen LogP contribution in [0.4, 0.5) is 0 Å². The highest BCUT2D eigenvalue weighted by molar-refractivity contribution is 7.89. The first-order valence-electron chi connectivity index (χ1n) is 7.55. The van der Waals surface area contributed by atoms with Gasteiger partial charge in [-0.2, -0.15) is 0 Å². The van der Waals surface area contributed by atoms with E-state index in [-0.39, 0.29) is 5.75 Å². The van der Waals surface area contributed by atoms with Gasteiger partial charge in [0.1, 0.15) is 0 Å². The van der Waals surface area contributed by atoms with Crippen LogP contribution in [0.3, 0.4) is 0 Å². The summed E-state index contributed by atoms with van der Waals surface area (Å²) in [6.45, 7) is 2.40. The van der Waals surface area contributed by atoms with Crippen molar-refractivity contribution in [1.29, 1.82) is 0 Å². The van der Waals surface area contributed by atoms with E-state index < -0.39 is 21.4 Å². The number of rotatable bonds is 4. The van der Waals surface area contributed by atoms with Gasteiger partial charge in [0.25, 0.3) is 0 Å². The number of hydrogen-bond acceptors (Lipinski definition) is 3. The van der Waals surface area contributed by atoms with Crippen LogP contribution in [-0.2, 0) is 14.8 Å². The molecule has 1 heterocycles. The zero-order valence-electron chi connectivity index (χ0n) is 12.2. The van der Waals surface area contributed by atoms with Crippen molar-refractivity contribution in [2.75, 3.05) is 18.8 Å². The summed E-state index contributed by atoms with van der Waals surface area (Å²) in [6, 6.07) is 0. The molecular weight excluding hydrogens is 278 g/mol. The molecule has 2 fully saturated rings. The zero-order valence-corrected chi connectivity index (χ0v) is 13.0. The Bertz CT molecular complexity index is 446. The lowest BCUT2D eigenvalue weighted by molar-refractivity contribution is -0.150. The Morgan fingerprint density at radius 2 is 1.75 bits per heavy atom. The maximum Gasteiger partial charge on any atom is 0.309 e. The van der Waals surface area contributed by atoms with E-state index in [9.17, 15) is 18.3 Å². The third-order valence-electron chi connectivity index (χ3n) is 4.91. The standard InChI is InChI=1S/C14H25NO4S/c1-14(13(16)17)7-9-15(10-8-14)20(18,19)11-12-5-3-2-4-6-12/h12H,2-11H2,1H3,(H,16,17). The number of piperidine rings is 1. The summed E-state index contributed by atoms with van der Waals surface area (Å²) in [4.78, 5) is 11.2. The largest absolute Gasteiger partial charge is 0.481 e. The van der Waals surface area contributed by atoms with E-state index in [1.54, 1.807) is 6.92 Å². The van der Waals surface area contributed by atoms with Crippen molar-refractivity contribution in [3.8, 4) is 0 Å². The fraction of sp³-hybridized carbons (Fsp3) is 0.929. The van der Waals surface area contributed by atoms with Crippen molar-refractivity contribution < 1.29 is 18.3 Å². The van der Waals surface area contributed by atoms with Crippen LogP contribution in [0.2, 0.25) is 0 Å². The smallest absolute Gasteiger partial charge is 0.309 e. The van der Waals surface area contributed by atoms with Crippen molar-refractivity contribution in [1.82, 2.24) is 4.31 Å². The van der Waals surface area contributed by atoms with Crippen LogP contribution in [0.5, 0.6) is 0 Å². The van der Waals surface area contributed by atoms with Gasteiger partial charge in [-0.25, -0.2) is 12.7 Å². The van der Waals surface area contributed by atoms with E-state index in [4.69, 9.17) is 0 Å². The summed E-state index contributed by atoms with van der Waals surface area (Å²) in [7, 11) is -3.22. The molecule has 0 aromatic rings. The van der Waals surface area contributed by atoms with Crippen molar-refractivity contribution in [3.63, 3.8) is 0 Å². The Hall–Kier alpha value is -0.620. The quantitative estimate of drug-likeness (QED) is 0.863. The van der Waals surface area contributed by atoms with Gasteiger partial charge in [0.2, 0.25) is 10.0 Å². The molecule has 20 heavy (non-hydrogen) atoms. The van der Waals surface area contributed by atoms with Gasteiger partial charge in [0.15, 0.2) is 0 Å². The van der Waals surface area contributed by atoms with Crippen LogP contribution in [-0.4, -0.2) is 42.6 Å². The van der Waals surface area contributed by atoms with Gasteiger partial charge < -0.3 is 5.11 Å². The molecule has 0 radical (unpaired) electrons. The lowest BCUT2D eigenvalue weighted by Crippen LogP contribution is -2.46. The summed E-state index contributed by atoms with van der Waals surface area (Å²) in [5, 5.41) is 9.18. The van der Waals surface area contributed by atoms with Gasteiger partial charge in [-0.15, -0.1) is 0 Å². The summed E-state index contributed by atoms with van der Waals surface area (Å²) in [6.07, 6.45) is 6.34. The van der Waals surface area contributed by atoms with Crippen LogP contribution < -0.4 is 0 Å². The molecule has 6 heteroatoms. The highest BCUT2D eigenvalue weighted by Crippen LogP contribution is 2.33. The molecule has 1 aliphatic heterocycles. The molecule has 0 aromatic carbocycles. The normalized spacial score (nSPS) is 25.4. The molecule has 0 bridgehead atoms. The highest BCUT2D eigenvalue weighted by atomic mass is 32.2. The van der Waals surface area contributed by atoms with Gasteiger partial charge in [-0.05, 0) is 38.5 Å². The predicted octanol–water partition coefficient (Wildman–Crippen LogP) is 2.08. The maximum absolute atomic E-state index is 12.4. The van der Waals surface area contributed by atoms with E-state index >= 15 is 0 Å². The molecule has 116 valence electrons. The molecule has 0 spiro atoms. The average Bonchev–Trinajstić information content (AvgIpc) is 2.39. The molecule has 1 saturated carbocycles. The van der Waals surface area contributed by atoms with Gasteiger partial charge >= 0.3 is 5.97 Å². The van der Waals surface area contributed by atoms with Crippen LogP contribution in [0, 0.1) is 11.3 Å². The minimum absolute atomic E-state index is 0.247. The maximum atomic E-state index is 12.4. The van der Waals surface area contributed by atoms with E-state index in [0.29, 0.717) is 31.8 Å². The van der Waals surface area contributed by atoms with Crippen LogP contribution in [0.1, 0.15) is 51.9 Å². The molecule has 0 aromatic heterocycles. The predicted molar refractivity (Wildman–Crippen MR) is 76.9 cm³/mol. The zero-order chi connectivity index (χ0) is 14.8. The number of aliphatic carboxylic acids is 1. The third kappa shape index (κ3) is 3.52. The topological polar surface area (TPSA) is 74.7 Å². The second kappa shape index (κ2) is 6.02. The molecule has 0 unspecified atom stereocenters. The second-order valence-electron chi connectivity index (χ2n) is 6.55. The Morgan fingerprint density at radius 1 is 1.20 bits per heavy atom. The molecule has 1 saturated heterocycles. The Labute approximate surface area is 121 Å². The highest BCUT2D eigenvalue weighted by Gasteiger charge is 2.40. The number of carboxylic acids is 1. The van der Waals surface area contributed by atoms with Crippen molar-refractivity contribution >= 4 is 16.0 Å². The van der Waals surface area contributed by atoms with Crippen molar-refractivity contribution in [2.24, 2.45) is 11.3 Å². The number of carbonyl (C=O) groups is 1. The monoisotopic (exact) mass is 303 g/mol. The summed E-state index contributed by atoms with van der Waals surface area (Å²) >= 11 is 0. The Morgan fingerprint density at radius 3 is 2.25 bits per heavy atom. The second-order valence-corrected chi connectivity index (χ2v) is 8.56. The average molecular weight is 303 g/mol. The molecule has 0 amide bonds. The van der Waals surface area contributed by atoms with Gasteiger partial charge in [0.05, 0.1) is 11.2 Å². The number of carboxylic acid groups (broad SMARTS) is 1. The van der Waals surface area contributed by atoms with Gasteiger partial charge in [-0.3, -0.25) is 4.79 Å². The number of nitrogens with zero attached hydrogens (tertiary/aromatic N) is 1. The van der Waals surface area contributed by atoms with E-state index in [1.165, 1.54) is 10.7 Å². The molecule has 0 atom stereocenters. The number of hydrogen-bond donors (Lipinski definition) is 1. The molecule has 2 rings (SSSR count). The third-order valence-corrected chi connectivity index (χ3v) is 6.95. The SMILES string of the molecule is CC1(C(=O)O)CCN(S(=O)(=O)CC2CCCCC2)CC1. The molecular formula is C14H25NO4S. The lowest BCUT2D eigenvalue weighted by Gasteiger charge is -2.36. The van der Waals surface area contributed by atoms with E-state index in [2.05, 4.69) is 0 Å². The minimum atomic E-state index is -3.22. The van der Waals surface area contributed by atoms with Crippen LogP contribution >= 0.6 is 0 Å². The molecule has 1 N–H and O–H groups in total. The van der Waals surface area contributed by atoms with E-state index in [1.807, 2.05) is 0 Å². The minimum Gasteiger partial charge on any atom is -0.481 e. The summed E-state index contributed by atoms with van der Waals surface area (Å²) < 4.78 is 26.3. The Kier molecular flexibility index (Phi) is 4.74. The molecule has 2 aliphatic rings. The summed E-state index contributed by atoms with van der Waals surface area (Å²) in [5.74, 6) is -0.278. The van der Waals surface area contributed by atoms with Gasteiger partial charge in [-0.1, -0.05) is 19.3 Å². The Balaban J connectivity index is 1.93. The first-order valence-corrected chi connectivity index (χ1v) is 9.16. The fourth-order valence-corrected chi connectivity index (χ4v) is 5.11. The number of sulfonamides is 1. The molecule has 5 nitrogen and oxygen atoms in total.